The molecule has 4 aliphatic carbocycles. The number of hydrogen-bond donors (Lipinski definition) is 0. The van der Waals surface area contributed by atoms with Crippen molar-refractivity contribution >= 4 is 5.78 Å². The lowest BCUT2D eigenvalue weighted by Gasteiger charge is -2.55. The summed E-state index contributed by atoms with van der Waals surface area (Å²) < 4.78 is 30.7. The normalized spacial score (nSPS) is 47.6. The van der Waals surface area contributed by atoms with Gasteiger partial charge in [-0.2, -0.15) is 0 Å². The standard InChI is InChI=1S/C25H38O6/c1-14-10-18-23(29-7,20(14)26)12-16(13-27-5)11-17-19-22(3,4)25(19,31-9)21(28-6)15(2)24(17,18)30-8/h10-11,15,17-19,21H,12-13H2,1-9H3/t15-,17?,18?,19?,21?,23?,24?,25?/m1/s1. The maximum atomic E-state index is 13.6. The van der Waals surface area contributed by atoms with Crippen LogP contribution in [-0.4, -0.2) is 70.8 Å². The monoisotopic (exact) mass is 434 g/mol. The molecule has 2 fully saturated rings. The Morgan fingerprint density at radius 2 is 1.71 bits per heavy atom. The first-order valence-corrected chi connectivity index (χ1v) is 11.2. The van der Waals surface area contributed by atoms with E-state index in [2.05, 4.69) is 32.9 Å². The van der Waals surface area contributed by atoms with Crippen LogP contribution in [0.5, 0.6) is 0 Å². The minimum absolute atomic E-state index is 0.0241. The first kappa shape index (κ1) is 23.1. The molecular formula is C25H38O6. The highest BCUT2D eigenvalue weighted by atomic mass is 16.6. The minimum atomic E-state index is -1.00. The molecule has 0 saturated heterocycles. The van der Waals surface area contributed by atoms with Gasteiger partial charge in [0.2, 0.25) is 0 Å². The van der Waals surface area contributed by atoms with Gasteiger partial charge in [-0.15, -0.1) is 0 Å². The van der Waals surface area contributed by atoms with E-state index in [1.54, 1.807) is 35.5 Å². The van der Waals surface area contributed by atoms with Gasteiger partial charge in [0, 0.05) is 71.1 Å². The fraction of sp³-hybridized carbons (Fsp3) is 0.800. The third-order valence-electron chi connectivity index (χ3n) is 9.32. The highest BCUT2D eigenvalue weighted by Crippen LogP contribution is 2.77. The van der Waals surface area contributed by atoms with Crippen LogP contribution < -0.4 is 0 Å². The summed E-state index contributed by atoms with van der Waals surface area (Å²) in [6.07, 6.45) is 4.71. The van der Waals surface area contributed by atoms with Gasteiger partial charge in [-0.05, 0) is 18.1 Å². The molecule has 8 atom stereocenters. The highest BCUT2D eigenvalue weighted by Gasteiger charge is 2.85. The van der Waals surface area contributed by atoms with Crippen molar-refractivity contribution in [2.45, 2.75) is 57.0 Å². The van der Waals surface area contributed by atoms with E-state index in [0.717, 1.165) is 11.1 Å². The molecule has 2 saturated carbocycles. The maximum absolute atomic E-state index is 13.6. The lowest BCUT2D eigenvalue weighted by molar-refractivity contribution is -0.234. The zero-order valence-corrected chi connectivity index (χ0v) is 20.4. The Balaban J connectivity index is 2.01. The van der Waals surface area contributed by atoms with Crippen LogP contribution in [0.2, 0.25) is 0 Å². The fourth-order valence-corrected chi connectivity index (χ4v) is 8.13. The second-order valence-electron chi connectivity index (χ2n) is 10.4. The Morgan fingerprint density at radius 3 is 2.23 bits per heavy atom. The summed E-state index contributed by atoms with van der Waals surface area (Å²) in [6, 6.07) is 0. The van der Waals surface area contributed by atoms with E-state index >= 15 is 0 Å². The summed E-state index contributed by atoms with van der Waals surface area (Å²) in [4.78, 5) is 13.6. The van der Waals surface area contributed by atoms with Crippen LogP contribution in [0.4, 0.5) is 0 Å². The molecule has 0 aliphatic heterocycles. The quantitative estimate of drug-likeness (QED) is 0.599. The Morgan fingerprint density at radius 1 is 1.03 bits per heavy atom. The Hall–Kier alpha value is -1.05. The van der Waals surface area contributed by atoms with Gasteiger partial charge in [-0.3, -0.25) is 4.79 Å². The minimum Gasteiger partial charge on any atom is -0.380 e. The van der Waals surface area contributed by atoms with Gasteiger partial charge in [0.25, 0.3) is 0 Å². The van der Waals surface area contributed by atoms with Crippen molar-refractivity contribution in [3.05, 3.63) is 23.3 Å². The molecule has 0 spiro atoms. The highest BCUT2D eigenvalue weighted by molar-refractivity contribution is 6.05. The molecule has 0 radical (unpaired) electrons. The molecule has 0 bridgehead atoms. The first-order chi connectivity index (χ1) is 14.6. The predicted molar refractivity (Wildman–Crippen MR) is 117 cm³/mol. The van der Waals surface area contributed by atoms with Gasteiger partial charge in [0.05, 0.1) is 18.3 Å². The van der Waals surface area contributed by atoms with Crippen molar-refractivity contribution in [1.82, 2.24) is 0 Å². The van der Waals surface area contributed by atoms with Gasteiger partial charge in [0.1, 0.15) is 11.2 Å². The molecule has 0 amide bonds. The van der Waals surface area contributed by atoms with Crippen molar-refractivity contribution in [2.24, 2.45) is 29.1 Å². The van der Waals surface area contributed by atoms with Gasteiger partial charge in [-0.25, -0.2) is 0 Å². The topological polar surface area (TPSA) is 63.2 Å². The summed E-state index contributed by atoms with van der Waals surface area (Å²) in [5.41, 5.74) is -0.398. The molecule has 0 aromatic rings. The number of fused-ring (bicyclic) bond motifs is 5. The number of carbonyl (C=O) groups excluding carboxylic acids is 1. The molecule has 0 heterocycles. The lowest BCUT2D eigenvalue weighted by atomic mass is 9.58. The SMILES string of the molecule is COCC1=CC2C3C(C)(C)C3(OC)C(OC)[C@@H](C)C2(OC)C2C=C(C)C(=O)C2(OC)C1. The van der Waals surface area contributed by atoms with Gasteiger partial charge in [0.15, 0.2) is 5.78 Å². The Kier molecular flexibility index (Phi) is 5.39. The number of hydrogen-bond acceptors (Lipinski definition) is 6. The number of ether oxygens (including phenoxy) is 5. The Labute approximate surface area is 186 Å². The molecule has 7 unspecified atom stereocenters. The molecule has 6 nitrogen and oxygen atoms in total. The number of rotatable bonds is 6. The molecular weight excluding hydrogens is 396 g/mol. The summed E-state index contributed by atoms with van der Waals surface area (Å²) in [5, 5.41) is 0. The summed E-state index contributed by atoms with van der Waals surface area (Å²) in [5.74, 6) is -0.0417. The molecule has 6 heteroatoms. The summed E-state index contributed by atoms with van der Waals surface area (Å²) >= 11 is 0. The zero-order valence-electron chi connectivity index (χ0n) is 20.4. The fourth-order valence-electron chi connectivity index (χ4n) is 8.13. The van der Waals surface area contributed by atoms with Crippen LogP contribution in [0.1, 0.15) is 34.1 Å². The number of methoxy groups -OCH3 is 5. The first-order valence-electron chi connectivity index (χ1n) is 11.2. The van der Waals surface area contributed by atoms with E-state index in [9.17, 15) is 4.79 Å². The van der Waals surface area contributed by atoms with Crippen molar-refractivity contribution in [3.8, 4) is 0 Å². The van der Waals surface area contributed by atoms with Crippen molar-refractivity contribution in [1.29, 1.82) is 0 Å². The van der Waals surface area contributed by atoms with Crippen molar-refractivity contribution in [3.63, 3.8) is 0 Å². The zero-order chi connectivity index (χ0) is 23.0. The maximum Gasteiger partial charge on any atom is 0.191 e. The van der Waals surface area contributed by atoms with E-state index in [-0.39, 0.29) is 41.0 Å². The van der Waals surface area contributed by atoms with Crippen molar-refractivity contribution < 1.29 is 28.5 Å². The lowest BCUT2D eigenvalue weighted by Crippen LogP contribution is -2.66. The molecule has 0 aromatic carbocycles. The molecule has 4 rings (SSSR count). The van der Waals surface area contributed by atoms with E-state index in [0.29, 0.717) is 13.0 Å². The number of ketones is 1. The van der Waals surface area contributed by atoms with Crippen LogP contribution in [-0.2, 0) is 28.5 Å². The summed E-state index contributed by atoms with van der Waals surface area (Å²) in [7, 11) is 8.65. The second kappa shape index (κ2) is 7.22. The van der Waals surface area contributed by atoms with E-state index in [1.165, 1.54) is 0 Å². The second-order valence-corrected chi connectivity index (χ2v) is 10.4. The predicted octanol–water partition coefficient (Wildman–Crippen LogP) is 3.20. The molecule has 0 N–H and O–H groups in total. The third-order valence-corrected chi connectivity index (χ3v) is 9.32. The molecule has 31 heavy (non-hydrogen) atoms. The van der Waals surface area contributed by atoms with E-state index < -0.39 is 16.8 Å². The van der Waals surface area contributed by atoms with E-state index in [4.69, 9.17) is 23.7 Å². The van der Waals surface area contributed by atoms with Crippen molar-refractivity contribution in [2.75, 3.05) is 42.2 Å². The average Bonchev–Trinajstić information content (AvgIpc) is 3.19. The third kappa shape index (κ3) is 2.43. The smallest absolute Gasteiger partial charge is 0.191 e. The summed E-state index contributed by atoms with van der Waals surface area (Å²) in [6.45, 7) is 9.03. The largest absolute Gasteiger partial charge is 0.380 e. The van der Waals surface area contributed by atoms with Gasteiger partial charge in [-0.1, -0.05) is 32.9 Å². The molecule has 4 aliphatic rings. The van der Waals surface area contributed by atoms with Crippen LogP contribution in [0.3, 0.4) is 0 Å². The molecule has 0 aromatic heterocycles. The Bertz CT molecular complexity index is 830. The number of Topliss-reactive ketones (excluding diaryl/α,β-unsaturated/α-hetero) is 1. The van der Waals surface area contributed by atoms with Gasteiger partial charge >= 0.3 is 0 Å². The molecule has 174 valence electrons. The van der Waals surface area contributed by atoms with Gasteiger partial charge < -0.3 is 23.7 Å². The van der Waals surface area contributed by atoms with Crippen LogP contribution in [0.15, 0.2) is 23.3 Å². The van der Waals surface area contributed by atoms with Crippen LogP contribution in [0, 0.1) is 29.1 Å². The number of carbonyl (C=O) groups is 1. The van der Waals surface area contributed by atoms with Crippen LogP contribution >= 0.6 is 0 Å². The van der Waals surface area contributed by atoms with Crippen LogP contribution in [0.25, 0.3) is 0 Å². The van der Waals surface area contributed by atoms with E-state index in [1.807, 2.05) is 6.92 Å². The average molecular weight is 435 g/mol.